The van der Waals surface area contributed by atoms with Gasteiger partial charge in [0.15, 0.2) is 0 Å². The minimum Gasteiger partial charge on any atom is -0.374 e. The van der Waals surface area contributed by atoms with Gasteiger partial charge in [-0.25, -0.2) is 0 Å². The predicted molar refractivity (Wildman–Crippen MR) is 97.6 cm³/mol. The van der Waals surface area contributed by atoms with Crippen molar-refractivity contribution in [3.05, 3.63) is 46.7 Å². The minimum absolute atomic E-state index is 0.0471. The Kier molecular flexibility index (Phi) is 5.48. The van der Waals surface area contributed by atoms with Gasteiger partial charge in [0.1, 0.15) is 0 Å². The number of amides is 2. The summed E-state index contributed by atoms with van der Waals surface area (Å²) in [6.45, 7) is 1.57. The van der Waals surface area contributed by atoms with Crippen molar-refractivity contribution in [3.8, 4) is 0 Å². The monoisotopic (exact) mass is 343 g/mol. The molecule has 0 saturated carbocycles. The van der Waals surface area contributed by atoms with E-state index in [1.807, 2.05) is 35.7 Å². The van der Waals surface area contributed by atoms with Crippen LogP contribution in [0.25, 0.3) is 0 Å². The minimum atomic E-state index is -0.0471. The van der Waals surface area contributed by atoms with Gasteiger partial charge < -0.3 is 15.5 Å². The summed E-state index contributed by atoms with van der Waals surface area (Å²) in [5.41, 5.74) is 1.67. The van der Waals surface area contributed by atoms with Crippen LogP contribution in [0.2, 0.25) is 0 Å². The number of nitrogens with zero attached hydrogens (tertiary/aromatic N) is 1. The molecule has 2 N–H and O–H groups in total. The van der Waals surface area contributed by atoms with Gasteiger partial charge in [-0.15, -0.1) is 11.3 Å². The molecule has 6 heteroatoms. The highest BCUT2D eigenvalue weighted by atomic mass is 32.1. The average molecular weight is 343 g/mol. The lowest BCUT2D eigenvalue weighted by Gasteiger charge is -2.20. The number of para-hydroxylation sites is 2. The normalized spacial score (nSPS) is 14.0. The molecule has 2 amide bonds. The predicted octanol–water partition coefficient (Wildman–Crippen LogP) is 2.65. The van der Waals surface area contributed by atoms with Gasteiger partial charge in [0.05, 0.1) is 17.9 Å². The lowest BCUT2D eigenvalue weighted by Crippen LogP contribution is -2.32. The van der Waals surface area contributed by atoms with Crippen molar-refractivity contribution in [2.75, 3.05) is 29.9 Å². The fourth-order valence-corrected chi connectivity index (χ4v) is 3.49. The number of carbonyl (C=O) groups is 2. The van der Waals surface area contributed by atoms with Crippen LogP contribution >= 0.6 is 11.3 Å². The molecular weight excluding hydrogens is 322 g/mol. The summed E-state index contributed by atoms with van der Waals surface area (Å²) in [6, 6.07) is 11.7. The van der Waals surface area contributed by atoms with Crippen LogP contribution in [0.15, 0.2) is 41.8 Å². The maximum absolute atomic E-state index is 12.0. The molecule has 0 atom stereocenters. The Morgan fingerprint density at radius 2 is 2.08 bits per heavy atom. The van der Waals surface area contributed by atoms with Crippen LogP contribution in [0.5, 0.6) is 0 Å². The van der Waals surface area contributed by atoms with Crippen molar-refractivity contribution in [2.45, 2.75) is 19.3 Å². The SMILES string of the molecule is O=C(CNc1ccccc1N1CCCC1=O)NCCc1cccs1. The average Bonchev–Trinajstić information content (AvgIpc) is 3.25. The lowest BCUT2D eigenvalue weighted by atomic mass is 10.2. The molecule has 0 spiro atoms. The molecule has 0 bridgehead atoms. The lowest BCUT2D eigenvalue weighted by molar-refractivity contribution is -0.119. The van der Waals surface area contributed by atoms with Crippen molar-refractivity contribution >= 4 is 34.5 Å². The number of hydrogen-bond donors (Lipinski definition) is 2. The van der Waals surface area contributed by atoms with Crippen molar-refractivity contribution in [1.29, 1.82) is 0 Å². The second-order valence-electron chi connectivity index (χ2n) is 5.70. The third-order valence-corrected chi connectivity index (χ3v) is 4.92. The van der Waals surface area contributed by atoms with E-state index >= 15 is 0 Å². The van der Waals surface area contributed by atoms with Crippen molar-refractivity contribution in [2.24, 2.45) is 0 Å². The van der Waals surface area contributed by atoms with Gasteiger partial charge in [-0.3, -0.25) is 9.59 Å². The van der Waals surface area contributed by atoms with E-state index in [-0.39, 0.29) is 18.4 Å². The van der Waals surface area contributed by atoms with Gasteiger partial charge in [0.25, 0.3) is 0 Å². The molecule has 126 valence electrons. The van der Waals surface area contributed by atoms with Crippen molar-refractivity contribution < 1.29 is 9.59 Å². The van der Waals surface area contributed by atoms with Crippen molar-refractivity contribution in [3.63, 3.8) is 0 Å². The molecule has 24 heavy (non-hydrogen) atoms. The summed E-state index contributed by atoms with van der Waals surface area (Å²) in [6.07, 6.45) is 2.33. The number of anilines is 2. The topological polar surface area (TPSA) is 61.4 Å². The summed E-state index contributed by atoms with van der Waals surface area (Å²) >= 11 is 1.70. The van der Waals surface area contributed by atoms with Crippen molar-refractivity contribution in [1.82, 2.24) is 5.32 Å². The highest BCUT2D eigenvalue weighted by molar-refractivity contribution is 7.09. The first-order valence-corrected chi connectivity index (χ1v) is 9.04. The fourth-order valence-electron chi connectivity index (χ4n) is 2.78. The van der Waals surface area contributed by atoms with Gasteiger partial charge in [-0.1, -0.05) is 18.2 Å². The van der Waals surface area contributed by atoms with Crippen LogP contribution in [0.3, 0.4) is 0 Å². The Bertz CT molecular complexity index is 700. The van der Waals surface area contributed by atoms with Crippen LogP contribution in [0.4, 0.5) is 11.4 Å². The maximum Gasteiger partial charge on any atom is 0.239 e. The van der Waals surface area contributed by atoms with E-state index in [2.05, 4.69) is 16.7 Å². The number of nitrogens with one attached hydrogen (secondary N) is 2. The van der Waals surface area contributed by atoms with E-state index in [1.165, 1.54) is 4.88 Å². The Morgan fingerprint density at radius 1 is 1.21 bits per heavy atom. The molecule has 0 radical (unpaired) electrons. The zero-order valence-electron chi connectivity index (χ0n) is 13.5. The molecule has 0 aliphatic carbocycles. The van der Waals surface area contributed by atoms with Gasteiger partial charge in [-0.2, -0.15) is 0 Å². The van der Waals surface area contributed by atoms with E-state index in [0.717, 1.165) is 30.8 Å². The summed E-state index contributed by atoms with van der Waals surface area (Å²) in [5, 5.41) is 8.10. The zero-order valence-corrected chi connectivity index (χ0v) is 14.3. The highest BCUT2D eigenvalue weighted by Crippen LogP contribution is 2.29. The molecule has 1 aliphatic heterocycles. The molecule has 1 saturated heterocycles. The van der Waals surface area contributed by atoms with E-state index in [1.54, 1.807) is 16.2 Å². The van der Waals surface area contributed by atoms with Crippen LogP contribution in [-0.2, 0) is 16.0 Å². The van der Waals surface area contributed by atoms with Crippen LogP contribution in [0, 0.1) is 0 Å². The third-order valence-electron chi connectivity index (χ3n) is 3.98. The smallest absolute Gasteiger partial charge is 0.239 e. The molecule has 2 aromatic rings. The summed E-state index contributed by atoms with van der Waals surface area (Å²) in [4.78, 5) is 27.0. The van der Waals surface area contributed by atoms with E-state index < -0.39 is 0 Å². The molecule has 1 aromatic carbocycles. The summed E-state index contributed by atoms with van der Waals surface area (Å²) in [7, 11) is 0. The van der Waals surface area contributed by atoms with Crippen LogP contribution in [-0.4, -0.2) is 31.4 Å². The van der Waals surface area contributed by atoms with Gasteiger partial charge >= 0.3 is 0 Å². The second-order valence-corrected chi connectivity index (χ2v) is 6.73. The molecule has 2 heterocycles. The summed E-state index contributed by atoms with van der Waals surface area (Å²) in [5.74, 6) is 0.0961. The first-order chi connectivity index (χ1) is 11.7. The van der Waals surface area contributed by atoms with E-state index in [9.17, 15) is 9.59 Å². The third kappa shape index (κ3) is 4.14. The number of benzene rings is 1. The fraction of sp³-hybridized carbons (Fsp3) is 0.333. The number of carbonyl (C=O) groups excluding carboxylic acids is 2. The molecule has 1 aliphatic rings. The largest absolute Gasteiger partial charge is 0.374 e. The molecule has 0 unspecified atom stereocenters. The molecular formula is C18H21N3O2S. The quantitative estimate of drug-likeness (QED) is 0.812. The standard InChI is InChI=1S/C18H21N3O2S/c22-17(19-10-9-14-5-4-12-24-14)13-20-15-6-1-2-7-16(15)21-11-3-8-18(21)23/h1-2,4-7,12,20H,3,8-11,13H2,(H,19,22). The Hall–Kier alpha value is -2.34. The van der Waals surface area contributed by atoms with Crippen LogP contribution in [0.1, 0.15) is 17.7 Å². The number of thiophene rings is 1. The van der Waals surface area contributed by atoms with Gasteiger partial charge in [-0.05, 0) is 36.4 Å². The zero-order chi connectivity index (χ0) is 16.8. The Balaban J connectivity index is 1.51. The first-order valence-electron chi connectivity index (χ1n) is 8.16. The molecule has 3 rings (SSSR count). The Morgan fingerprint density at radius 3 is 2.83 bits per heavy atom. The molecule has 5 nitrogen and oxygen atoms in total. The highest BCUT2D eigenvalue weighted by Gasteiger charge is 2.23. The van der Waals surface area contributed by atoms with Gasteiger partial charge in [0.2, 0.25) is 11.8 Å². The Labute approximate surface area is 145 Å². The second kappa shape index (κ2) is 7.97. The van der Waals surface area contributed by atoms with Gasteiger partial charge in [0, 0.05) is 24.4 Å². The summed E-state index contributed by atoms with van der Waals surface area (Å²) < 4.78 is 0. The first kappa shape index (κ1) is 16.5. The number of rotatable bonds is 7. The number of hydrogen-bond acceptors (Lipinski definition) is 4. The molecule has 1 fully saturated rings. The molecule has 1 aromatic heterocycles. The van der Waals surface area contributed by atoms with E-state index in [0.29, 0.717) is 13.0 Å². The van der Waals surface area contributed by atoms with E-state index in [4.69, 9.17) is 0 Å². The maximum atomic E-state index is 12.0. The van der Waals surface area contributed by atoms with Crippen LogP contribution < -0.4 is 15.5 Å².